The summed E-state index contributed by atoms with van der Waals surface area (Å²) < 4.78 is 4.83. The zero-order valence-electron chi connectivity index (χ0n) is 8.07. The number of aromatic nitrogens is 1. The minimum atomic E-state index is -0.376. The summed E-state index contributed by atoms with van der Waals surface area (Å²) in [5, 5.41) is 11.2. The van der Waals surface area contributed by atoms with E-state index in [4.69, 9.17) is 9.94 Å². The summed E-state index contributed by atoms with van der Waals surface area (Å²) >= 11 is 0. The van der Waals surface area contributed by atoms with Gasteiger partial charge in [0.1, 0.15) is 0 Å². The van der Waals surface area contributed by atoms with E-state index in [1.54, 1.807) is 13.8 Å². The molecule has 5 heteroatoms. The summed E-state index contributed by atoms with van der Waals surface area (Å²) in [6.07, 6.45) is 2.77. The fraction of sp³-hybridized carbons (Fsp3) is 0.333. The molecule has 1 aromatic rings. The maximum Gasteiger partial charge on any atom is 0.339 e. The molecule has 5 nitrogen and oxygen atoms in total. The third-order valence-corrected chi connectivity index (χ3v) is 1.86. The highest BCUT2D eigenvalue weighted by Crippen LogP contribution is 2.12. The molecule has 0 unspecified atom stereocenters. The second-order valence-electron chi connectivity index (χ2n) is 2.71. The first-order chi connectivity index (χ1) is 6.70. The van der Waals surface area contributed by atoms with Crippen molar-refractivity contribution in [3.8, 4) is 0 Å². The van der Waals surface area contributed by atoms with Crippen molar-refractivity contribution in [2.45, 2.75) is 13.8 Å². The number of esters is 1. The molecule has 0 aliphatic rings. The van der Waals surface area contributed by atoms with Crippen LogP contribution in [0.15, 0.2) is 11.4 Å². The van der Waals surface area contributed by atoms with Crippen LogP contribution in [0.1, 0.15) is 28.5 Å². The number of ether oxygens (including phenoxy) is 1. The van der Waals surface area contributed by atoms with E-state index < -0.39 is 0 Å². The molecule has 0 bridgehead atoms. The number of hydrogen-bond acceptors (Lipinski definition) is 4. The van der Waals surface area contributed by atoms with Gasteiger partial charge in [0.15, 0.2) is 0 Å². The van der Waals surface area contributed by atoms with Gasteiger partial charge >= 0.3 is 5.97 Å². The second-order valence-corrected chi connectivity index (χ2v) is 2.71. The van der Waals surface area contributed by atoms with Gasteiger partial charge in [-0.1, -0.05) is 5.16 Å². The SMILES string of the molecule is CCOC(=O)c1c[nH]c(C=NO)c1C. The highest BCUT2D eigenvalue weighted by Gasteiger charge is 2.13. The molecule has 1 aromatic heterocycles. The van der Waals surface area contributed by atoms with Gasteiger partial charge in [0, 0.05) is 6.20 Å². The zero-order valence-corrected chi connectivity index (χ0v) is 8.07. The molecular weight excluding hydrogens is 184 g/mol. The smallest absolute Gasteiger partial charge is 0.339 e. The van der Waals surface area contributed by atoms with Crippen molar-refractivity contribution in [3.05, 3.63) is 23.0 Å². The van der Waals surface area contributed by atoms with Gasteiger partial charge in [-0.2, -0.15) is 0 Å². The Balaban J connectivity index is 2.94. The van der Waals surface area contributed by atoms with Gasteiger partial charge in [0.05, 0.1) is 24.1 Å². The lowest BCUT2D eigenvalue weighted by Gasteiger charge is -1.99. The van der Waals surface area contributed by atoms with Gasteiger partial charge < -0.3 is 14.9 Å². The average Bonchev–Trinajstić information content (AvgIpc) is 2.49. The van der Waals surface area contributed by atoms with Crippen LogP contribution in [0.5, 0.6) is 0 Å². The van der Waals surface area contributed by atoms with E-state index in [2.05, 4.69) is 10.1 Å². The van der Waals surface area contributed by atoms with Crippen molar-refractivity contribution in [1.82, 2.24) is 4.98 Å². The normalized spacial score (nSPS) is 10.7. The van der Waals surface area contributed by atoms with E-state index in [-0.39, 0.29) is 5.97 Å². The van der Waals surface area contributed by atoms with Gasteiger partial charge in [-0.25, -0.2) is 4.79 Å². The molecule has 2 N–H and O–H groups in total. The Kier molecular flexibility index (Phi) is 3.28. The van der Waals surface area contributed by atoms with Crippen LogP contribution in [0.3, 0.4) is 0 Å². The molecule has 0 aliphatic heterocycles. The van der Waals surface area contributed by atoms with Crippen LogP contribution >= 0.6 is 0 Å². The molecule has 0 aliphatic carbocycles. The molecular formula is C9H12N2O3. The Bertz CT molecular complexity index is 355. The number of aromatic amines is 1. The molecule has 14 heavy (non-hydrogen) atoms. The fourth-order valence-electron chi connectivity index (χ4n) is 1.12. The number of carbonyl (C=O) groups is 1. The van der Waals surface area contributed by atoms with Crippen molar-refractivity contribution in [1.29, 1.82) is 0 Å². The molecule has 1 heterocycles. The van der Waals surface area contributed by atoms with Gasteiger partial charge in [-0.15, -0.1) is 0 Å². The maximum absolute atomic E-state index is 11.3. The van der Waals surface area contributed by atoms with Crippen LogP contribution in [-0.2, 0) is 4.74 Å². The van der Waals surface area contributed by atoms with Gasteiger partial charge in [0.25, 0.3) is 0 Å². The third kappa shape index (κ3) is 1.93. The van der Waals surface area contributed by atoms with Crippen LogP contribution in [0.25, 0.3) is 0 Å². The van der Waals surface area contributed by atoms with E-state index in [0.717, 1.165) is 0 Å². The van der Waals surface area contributed by atoms with Crippen molar-refractivity contribution in [2.24, 2.45) is 5.16 Å². The van der Waals surface area contributed by atoms with Gasteiger partial charge in [-0.05, 0) is 19.4 Å². The predicted octanol–water partition coefficient (Wildman–Crippen LogP) is 1.31. The maximum atomic E-state index is 11.3. The summed E-state index contributed by atoms with van der Waals surface area (Å²) in [6, 6.07) is 0. The van der Waals surface area contributed by atoms with Crippen LogP contribution in [0.2, 0.25) is 0 Å². The van der Waals surface area contributed by atoms with Gasteiger partial charge in [0.2, 0.25) is 0 Å². The van der Waals surface area contributed by atoms with Crippen molar-refractivity contribution in [3.63, 3.8) is 0 Å². The van der Waals surface area contributed by atoms with Crippen molar-refractivity contribution in [2.75, 3.05) is 6.61 Å². The minimum absolute atomic E-state index is 0.340. The summed E-state index contributed by atoms with van der Waals surface area (Å²) in [7, 11) is 0. The zero-order chi connectivity index (χ0) is 10.6. The second kappa shape index (κ2) is 4.45. The topological polar surface area (TPSA) is 74.7 Å². The number of oxime groups is 1. The van der Waals surface area contributed by atoms with Crippen LogP contribution < -0.4 is 0 Å². The number of H-pyrrole nitrogens is 1. The van der Waals surface area contributed by atoms with E-state index in [1.165, 1.54) is 12.4 Å². The first kappa shape index (κ1) is 10.3. The van der Waals surface area contributed by atoms with E-state index >= 15 is 0 Å². The highest BCUT2D eigenvalue weighted by molar-refractivity contribution is 5.94. The summed E-state index contributed by atoms with van der Waals surface area (Å²) in [6.45, 7) is 3.84. The molecule has 0 fully saturated rings. The molecule has 1 rings (SSSR count). The number of nitrogens with zero attached hydrogens (tertiary/aromatic N) is 1. The number of hydrogen-bond donors (Lipinski definition) is 2. The number of nitrogens with one attached hydrogen (secondary N) is 1. The molecule has 0 radical (unpaired) electrons. The summed E-state index contributed by atoms with van der Waals surface area (Å²) in [5.41, 5.74) is 1.76. The third-order valence-electron chi connectivity index (χ3n) is 1.86. The molecule has 0 atom stereocenters. The van der Waals surface area contributed by atoms with E-state index in [1.807, 2.05) is 0 Å². The Hall–Kier alpha value is -1.78. The molecule has 0 saturated carbocycles. The Labute approximate surface area is 81.4 Å². The number of rotatable bonds is 3. The standard InChI is InChI=1S/C9H12N2O3/c1-3-14-9(12)7-4-10-8(5-11-13)6(7)2/h4-5,10,13H,3H2,1-2H3. The van der Waals surface area contributed by atoms with Crippen LogP contribution in [-0.4, -0.2) is 29.0 Å². The Morgan fingerprint density at radius 3 is 3.07 bits per heavy atom. The molecule has 76 valence electrons. The average molecular weight is 196 g/mol. The van der Waals surface area contributed by atoms with E-state index in [0.29, 0.717) is 23.4 Å². The first-order valence-corrected chi connectivity index (χ1v) is 4.23. The quantitative estimate of drug-likeness (QED) is 0.331. The summed E-state index contributed by atoms with van der Waals surface area (Å²) in [4.78, 5) is 14.1. The fourth-order valence-corrected chi connectivity index (χ4v) is 1.12. The van der Waals surface area contributed by atoms with Crippen molar-refractivity contribution < 1.29 is 14.7 Å². The van der Waals surface area contributed by atoms with Crippen LogP contribution in [0, 0.1) is 6.92 Å². The van der Waals surface area contributed by atoms with Crippen molar-refractivity contribution >= 4 is 12.2 Å². The number of carbonyl (C=O) groups excluding carboxylic acids is 1. The van der Waals surface area contributed by atoms with Gasteiger partial charge in [-0.3, -0.25) is 0 Å². The molecule has 0 amide bonds. The monoisotopic (exact) mass is 196 g/mol. The van der Waals surface area contributed by atoms with Crippen LogP contribution in [0.4, 0.5) is 0 Å². The highest BCUT2D eigenvalue weighted by atomic mass is 16.5. The molecule has 0 aromatic carbocycles. The Morgan fingerprint density at radius 2 is 2.50 bits per heavy atom. The summed E-state index contributed by atoms with van der Waals surface area (Å²) in [5.74, 6) is -0.376. The Morgan fingerprint density at radius 1 is 1.79 bits per heavy atom. The largest absolute Gasteiger partial charge is 0.462 e. The lowest BCUT2D eigenvalue weighted by atomic mass is 10.2. The molecule has 0 spiro atoms. The lowest BCUT2D eigenvalue weighted by molar-refractivity contribution is 0.0526. The lowest BCUT2D eigenvalue weighted by Crippen LogP contribution is -2.04. The molecule has 0 saturated heterocycles. The minimum Gasteiger partial charge on any atom is -0.462 e. The predicted molar refractivity (Wildman–Crippen MR) is 50.9 cm³/mol. The first-order valence-electron chi connectivity index (χ1n) is 4.23. The van der Waals surface area contributed by atoms with E-state index in [9.17, 15) is 4.79 Å².